The van der Waals surface area contributed by atoms with Crippen LogP contribution in [0.5, 0.6) is 11.5 Å². The molecule has 146 valence electrons. The molecule has 1 aliphatic rings. The van der Waals surface area contributed by atoms with Gasteiger partial charge in [-0.15, -0.1) is 10.2 Å². The summed E-state index contributed by atoms with van der Waals surface area (Å²) in [7, 11) is 0. The number of pyridine rings is 1. The molecule has 3 aromatic heterocycles. The van der Waals surface area contributed by atoms with E-state index in [4.69, 9.17) is 9.47 Å². The molecule has 8 nitrogen and oxygen atoms in total. The number of hydrogen-bond acceptors (Lipinski definition) is 7. The molecule has 0 radical (unpaired) electrons. The van der Waals surface area contributed by atoms with E-state index in [-0.39, 0.29) is 12.4 Å². The number of nitrogens with zero attached hydrogens (tertiary/aromatic N) is 5. The number of fused-ring (bicyclic) bond motifs is 2. The maximum Gasteiger partial charge on any atom is 0.210 e. The third-order valence-corrected chi connectivity index (χ3v) is 4.78. The molecule has 4 heterocycles. The minimum Gasteiger partial charge on any atom is -0.493 e. The fraction of sp³-hybridized carbons (Fsp3) is 0.200. The maximum atomic E-state index is 14.4. The molecule has 0 saturated heterocycles. The fourth-order valence-corrected chi connectivity index (χ4v) is 3.35. The Morgan fingerprint density at radius 2 is 2.21 bits per heavy atom. The van der Waals surface area contributed by atoms with Crippen LogP contribution < -0.4 is 14.8 Å². The van der Waals surface area contributed by atoms with Gasteiger partial charge in [0.1, 0.15) is 24.5 Å². The van der Waals surface area contributed by atoms with Crippen LogP contribution in [-0.2, 0) is 19.6 Å². The van der Waals surface area contributed by atoms with Gasteiger partial charge in [-0.25, -0.2) is 13.8 Å². The first kappa shape index (κ1) is 17.4. The number of aromatic nitrogens is 5. The smallest absolute Gasteiger partial charge is 0.210 e. The molecule has 0 spiro atoms. The normalized spacial score (nSPS) is 12.6. The van der Waals surface area contributed by atoms with Crippen LogP contribution in [0, 0.1) is 5.82 Å². The second-order valence-corrected chi connectivity index (χ2v) is 6.58. The molecule has 9 heteroatoms. The lowest BCUT2D eigenvalue weighted by molar-refractivity contribution is 0.306. The quantitative estimate of drug-likeness (QED) is 0.540. The third kappa shape index (κ3) is 3.31. The zero-order chi connectivity index (χ0) is 19.6. The summed E-state index contributed by atoms with van der Waals surface area (Å²) in [4.78, 5) is 8.48. The number of anilines is 1. The molecule has 0 atom stereocenters. The van der Waals surface area contributed by atoms with Gasteiger partial charge >= 0.3 is 0 Å². The predicted octanol–water partition coefficient (Wildman–Crippen LogP) is 2.78. The summed E-state index contributed by atoms with van der Waals surface area (Å²) in [5.74, 6) is 1.47. The zero-order valence-electron chi connectivity index (χ0n) is 15.4. The van der Waals surface area contributed by atoms with Crippen molar-refractivity contribution in [2.75, 3.05) is 11.9 Å². The summed E-state index contributed by atoms with van der Waals surface area (Å²) in [6.45, 7) is 1.18. The van der Waals surface area contributed by atoms with Crippen LogP contribution in [0.25, 0.3) is 5.65 Å². The van der Waals surface area contributed by atoms with Gasteiger partial charge in [0, 0.05) is 42.0 Å². The van der Waals surface area contributed by atoms with Gasteiger partial charge < -0.3 is 14.8 Å². The molecule has 4 aromatic rings. The topological polar surface area (TPSA) is 86.5 Å². The highest BCUT2D eigenvalue weighted by molar-refractivity contribution is 5.56. The Kier molecular flexibility index (Phi) is 4.39. The zero-order valence-corrected chi connectivity index (χ0v) is 15.4. The standard InChI is InChI=1S/C20H17FN6O2/c21-16-3-4-17-14(5-7-28-17)15(16)9-23-20-24-10-18(19-26-25-12-27(19)20)29-11-13-2-1-6-22-8-13/h1-4,6,8,10,12H,5,7,9,11H2,(H,23,24). The van der Waals surface area contributed by atoms with Crippen LogP contribution in [0.1, 0.15) is 16.7 Å². The molecule has 0 unspecified atom stereocenters. The lowest BCUT2D eigenvalue weighted by Crippen LogP contribution is -2.10. The second kappa shape index (κ2) is 7.34. The van der Waals surface area contributed by atoms with Gasteiger partial charge in [-0.05, 0) is 18.2 Å². The molecule has 1 N–H and O–H groups in total. The van der Waals surface area contributed by atoms with Gasteiger partial charge in [0.2, 0.25) is 11.6 Å². The van der Waals surface area contributed by atoms with Crippen molar-refractivity contribution in [2.45, 2.75) is 19.6 Å². The molecule has 0 amide bonds. The van der Waals surface area contributed by atoms with E-state index >= 15 is 0 Å². The molecule has 5 rings (SSSR count). The van der Waals surface area contributed by atoms with E-state index in [0.717, 1.165) is 16.9 Å². The summed E-state index contributed by atoms with van der Waals surface area (Å²) in [5, 5.41) is 11.2. The van der Waals surface area contributed by atoms with Crippen molar-refractivity contribution in [1.29, 1.82) is 0 Å². The van der Waals surface area contributed by atoms with Crippen LogP contribution in [0.15, 0.2) is 49.2 Å². The number of nitrogens with one attached hydrogen (secondary N) is 1. The van der Waals surface area contributed by atoms with Crippen LogP contribution in [-0.4, -0.2) is 31.2 Å². The van der Waals surface area contributed by atoms with Gasteiger partial charge in [0.15, 0.2) is 5.75 Å². The molecular weight excluding hydrogens is 375 g/mol. The van der Waals surface area contributed by atoms with Crippen molar-refractivity contribution in [3.63, 3.8) is 0 Å². The van der Waals surface area contributed by atoms with E-state index in [0.29, 0.717) is 42.5 Å². The highest BCUT2D eigenvalue weighted by atomic mass is 19.1. The van der Waals surface area contributed by atoms with Gasteiger partial charge in [0.25, 0.3) is 0 Å². The molecule has 1 aliphatic heterocycles. The summed E-state index contributed by atoms with van der Waals surface area (Å²) < 4.78 is 27.4. The number of ether oxygens (including phenoxy) is 2. The molecule has 1 aromatic carbocycles. The van der Waals surface area contributed by atoms with E-state index in [1.807, 2.05) is 12.1 Å². The molecule has 0 bridgehead atoms. The Hall–Kier alpha value is -3.75. The minimum atomic E-state index is -0.266. The first-order valence-corrected chi connectivity index (χ1v) is 9.17. The summed E-state index contributed by atoms with van der Waals surface area (Å²) >= 11 is 0. The van der Waals surface area contributed by atoms with Crippen molar-refractivity contribution in [3.05, 3.63) is 71.7 Å². The first-order chi connectivity index (χ1) is 14.3. The summed E-state index contributed by atoms with van der Waals surface area (Å²) in [5.41, 5.74) is 2.94. The fourth-order valence-electron chi connectivity index (χ4n) is 3.35. The maximum absolute atomic E-state index is 14.4. The Balaban J connectivity index is 1.37. The van der Waals surface area contributed by atoms with Crippen LogP contribution in [0.4, 0.5) is 10.3 Å². The second-order valence-electron chi connectivity index (χ2n) is 6.58. The Bertz CT molecular complexity index is 1160. The van der Waals surface area contributed by atoms with E-state index < -0.39 is 0 Å². The lowest BCUT2D eigenvalue weighted by atomic mass is 10.0. The lowest BCUT2D eigenvalue weighted by Gasteiger charge is -2.13. The monoisotopic (exact) mass is 392 g/mol. The summed E-state index contributed by atoms with van der Waals surface area (Å²) in [6.07, 6.45) is 7.26. The van der Waals surface area contributed by atoms with Crippen LogP contribution >= 0.6 is 0 Å². The van der Waals surface area contributed by atoms with E-state index in [1.165, 1.54) is 12.4 Å². The van der Waals surface area contributed by atoms with E-state index in [1.54, 1.807) is 29.1 Å². The van der Waals surface area contributed by atoms with Gasteiger partial charge in [-0.2, -0.15) is 0 Å². The number of hydrogen-bond donors (Lipinski definition) is 1. The van der Waals surface area contributed by atoms with Crippen molar-refractivity contribution in [3.8, 4) is 11.5 Å². The Morgan fingerprint density at radius 1 is 1.24 bits per heavy atom. The largest absolute Gasteiger partial charge is 0.493 e. The molecular formula is C20H17FN6O2. The third-order valence-electron chi connectivity index (χ3n) is 4.78. The van der Waals surface area contributed by atoms with Crippen molar-refractivity contribution in [1.82, 2.24) is 24.6 Å². The number of benzene rings is 1. The summed E-state index contributed by atoms with van der Waals surface area (Å²) in [6, 6.07) is 6.87. The van der Waals surface area contributed by atoms with Crippen LogP contribution in [0.3, 0.4) is 0 Å². The van der Waals surface area contributed by atoms with Crippen LogP contribution in [0.2, 0.25) is 0 Å². The molecule has 0 saturated carbocycles. The van der Waals surface area contributed by atoms with Crippen molar-refractivity contribution in [2.24, 2.45) is 0 Å². The Labute approximate surface area is 165 Å². The molecule has 0 fully saturated rings. The molecule has 29 heavy (non-hydrogen) atoms. The highest BCUT2D eigenvalue weighted by Gasteiger charge is 2.20. The molecule has 0 aliphatic carbocycles. The minimum absolute atomic E-state index is 0.266. The van der Waals surface area contributed by atoms with Gasteiger partial charge in [0.05, 0.1) is 12.8 Å². The van der Waals surface area contributed by atoms with Gasteiger partial charge in [-0.1, -0.05) is 6.07 Å². The van der Waals surface area contributed by atoms with Crippen molar-refractivity contribution < 1.29 is 13.9 Å². The first-order valence-electron chi connectivity index (χ1n) is 9.17. The van der Waals surface area contributed by atoms with Gasteiger partial charge in [-0.3, -0.25) is 4.98 Å². The van der Waals surface area contributed by atoms with E-state index in [9.17, 15) is 4.39 Å². The van der Waals surface area contributed by atoms with Crippen molar-refractivity contribution >= 4 is 11.6 Å². The average molecular weight is 392 g/mol. The Morgan fingerprint density at radius 3 is 3.10 bits per heavy atom. The SMILES string of the molecule is Fc1ccc2c(c1CNc1ncc(OCc3cccnc3)c3nncn13)CCO2. The number of halogens is 1. The van der Waals surface area contributed by atoms with E-state index in [2.05, 4.69) is 25.5 Å². The highest BCUT2D eigenvalue weighted by Crippen LogP contribution is 2.30. The predicted molar refractivity (Wildman–Crippen MR) is 102 cm³/mol. The number of rotatable bonds is 6. The average Bonchev–Trinajstić information content (AvgIpc) is 3.42.